The fourth-order valence-electron chi connectivity index (χ4n) is 4.32. The molecule has 1 aliphatic heterocycles. The third-order valence-electron chi connectivity index (χ3n) is 6.31. The van der Waals surface area contributed by atoms with Crippen LogP contribution in [0.2, 0.25) is 0 Å². The second kappa shape index (κ2) is 12.0. The topological polar surface area (TPSA) is 105 Å². The van der Waals surface area contributed by atoms with Gasteiger partial charge in [0.1, 0.15) is 17.3 Å². The maximum Gasteiger partial charge on any atom is 0.207 e. The fraction of sp³-hybridized carbons (Fsp3) is 0.241. The molecule has 0 spiro atoms. The molecule has 1 saturated heterocycles. The van der Waals surface area contributed by atoms with E-state index < -0.39 is 0 Å². The van der Waals surface area contributed by atoms with Gasteiger partial charge < -0.3 is 25.7 Å². The number of nitrogens with zero attached hydrogens (tertiary/aromatic N) is 1. The van der Waals surface area contributed by atoms with Crippen molar-refractivity contribution in [2.45, 2.75) is 32.4 Å². The molecular formula is C29H33N5O2. The number of fused-ring (bicyclic) bond motifs is 1. The van der Waals surface area contributed by atoms with Crippen molar-refractivity contribution in [1.82, 2.24) is 15.2 Å². The van der Waals surface area contributed by atoms with E-state index in [9.17, 15) is 4.79 Å². The fourth-order valence-corrected chi connectivity index (χ4v) is 4.32. The summed E-state index contributed by atoms with van der Waals surface area (Å²) in [7, 11) is 0. The first-order valence-corrected chi connectivity index (χ1v) is 12.2. The number of nitrogens with one attached hydrogen (secondary N) is 3. The average molecular weight is 484 g/mol. The highest BCUT2D eigenvalue weighted by molar-refractivity contribution is 5.98. The van der Waals surface area contributed by atoms with Crippen LogP contribution in [-0.4, -0.2) is 35.9 Å². The number of amidine groups is 1. The summed E-state index contributed by atoms with van der Waals surface area (Å²) in [6.45, 7) is 4.92. The Balaban J connectivity index is 0.000000286. The lowest BCUT2D eigenvalue weighted by atomic mass is 10.1. The average Bonchev–Trinajstić information content (AvgIpc) is 3.21. The monoisotopic (exact) mass is 483 g/mol. The van der Waals surface area contributed by atoms with Gasteiger partial charge in [-0.3, -0.25) is 10.2 Å². The van der Waals surface area contributed by atoms with E-state index in [-0.39, 0.29) is 5.84 Å². The van der Waals surface area contributed by atoms with E-state index in [1.54, 1.807) is 0 Å². The second-order valence-electron chi connectivity index (χ2n) is 8.93. The van der Waals surface area contributed by atoms with Crippen LogP contribution in [0.4, 0.5) is 0 Å². The zero-order valence-electron chi connectivity index (χ0n) is 20.5. The number of aryl methyl sites for hydroxylation is 1. The summed E-state index contributed by atoms with van der Waals surface area (Å²) >= 11 is 0. The zero-order valence-corrected chi connectivity index (χ0v) is 20.5. The lowest BCUT2D eigenvalue weighted by Gasteiger charge is -2.21. The van der Waals surface area contributed by atoms with Gasteiger partial charge in [0.15, 0.2) is 0 Å². The Labute approximate surface area is 211 Å². The van der Waals surface area contributed by atoms with Crippen LogP contribution in [0.15, 0.2) is 78.9 Å². The van der Waals surface area contributed by atoms with Gasteiger partial charge in [-0.15, -0.1) is 0 Å². The van der Waals surface area contributed by atoms with Gasteiger partial charge in [0.05, 0.1) is 0 Å². The number of ether oxygens (including phenoxy) is 1. The Bertz CT molecular complexity index is 1290. The summed E-state index contributed by atoms with van der Waals surface area (Å²) in [6.07, 6.45) is 2.92. The highest BCUT2D eigenvalue weighted by atomic mass is 16.5. The van der Waals surface area contributed by atoms with Crippen molar-refractivity contribution in [3.05, 3.63) is 95.7 Å². The van der Waals surface area contributed by atoms with Gasteiger partial charge in [-0.25, -0.2) is 0 Å². The minimum absolute atomic E-state index is 0.0877. The zero-order chi connectivity index (χ0) is 25.3. The Morgan fingerprint density at radius 3 is 2.42 bits per heavy atom. The van der Waals surface area contributed by atoms with Gasteiger partial charge >= 0.3 is 0 Å². The normalized spacial score (nSPS) is 13.5. The number of benzene rings is 3. The minimum atomic E-state index is 0.0877. The predicted octanol–water partition coefficient (Wildman–Crippen LogP) is 4.56. The maximum absolute atomic E-state index is 9.94. The molecule has 1 fully saturated rings. The van der Waals surface area contributed by atoms with E-state index in [4.69, 9.17) is 15.9 Å². The summed E-state index contributed by atoms with van der Waals surface area (Å²) in [6, 6.07) is 26.4. The molecule has 2 heterocycles. The number of para-hydroxylation sites is 1. The Morgan fingerprint density at radius 1 is 1.06 bits per heavy atom. The number of nitrogens with two attached hydrogens (primary N) is 1. The molecule has 5 N–H and O–H groups in total. The van der Waals surface area contributed by atoms with Crippen LogP contribution in [0.1, 0.15) is 29.7 Å². The Hall–Kier alpha value is -4.10. The van der Waals surface area contributed by atoms with E-state index in [1.807, 2.05) is 60.7 Å². The standard InChI is InChI=1S/C23H21N3O.C6H12N2O/c1-16-13-18-9-10-19(23(24)25)14-22(18)26(16)15-17-7-11-21(12-8-17)27-20-5-3-2-4-6-20;9-5-8-6-1-3-7-4-2-6/h2-14H,15H2,1H3,(H3,24,25);5-7H,1-4H2,(H,8,9). The number of aromatic nitrogens is 1. The van der Waals surface area contributed by atoms with Crippen molar-refractivity contribution in [1.29, 1.82) is 5.41 Å². The van der Waals surface area contributed by atoms with Crippen molar-refractivity contribution in [2.24, 2.45) is 5.73 Å². The third kappa shape index (κ3) is 6.52. The molecule has 0 aliphatic carbocycles. The second-order valence-corrected chi connectivity index (χ2v) is 8.93. The highest BCUT2D eigenvalue weighted by Gasteiger charge is 2.10. The number of nitrogen functional groups attached to an aromatic ring is 1. The number of rotatable bonds is 7. The molecule has 186 valence electrons. The van der Waals surface area contributed by atoms with Gasteiger partial charge in [-0.1, -0.05) is 42.5 Å². The molecule has 1 aliphatic rings. The molecule has 7 nitrogen and oxygen atoms in total. The Morgan fingerprint density at radius 2 is 1.75 bits per heavy atom. The lowest BCUT2D eigenvalue weighted by molar-refractivity contribution is -0.110. The molecule has 0 bridgehead atoms. The van der Waals surface area contributed by atoms with Gasteiger partial charge in [0.2, 0.25) is 6.41 Å². The maximum atomic E-state index is 9.94. The predicted molar refractivity (Wildman–Crippen MR) is 145 cm³/mol. The first-order valence-electron chi connectivity index (χ1n) is 12.2. The van der Waals surface area contributed by atoms with E-state index in [1.165, 1.54) is 11.3 Å². The van der Waals surface area contributed by atoms with Crippen molar-refractivity contribution in [2.75, 3.05) is 13.1 Å². The number of hydrogen-bond acceptors (Lipinski definition) is 4. The smallest absolute Gasteiger partial charge is 0.207 e. The molecule has 0 radical (unpaired) electrons. The molecule has 1 aromatic heterocycles. The number of carbonyl (C=O) groups is 1. The number of amides is 1. The highest BCUT2D eigenvalue weighted by Crippen LogP contribution is 2.24. The van der Waals surface area contributed by atoms with Crippen LogP contribution in [0.3, 0.4) is 0 Å². The quantitative estimate of drug-likeness (QED) is 0.176. The van der Waals surface area contributed by atoms with Crippen LogP contribution in [0, 0.1) is 12.3 Å². The summed E-state index contributed by atoms with van der Waals surface area (Å²) in [5, 5.41) is 14.8. The largest absolute Gasteiger partial charge is 0.457 e. The number of piperidine rings is 1. The van der Waals surface area contributed by atoms with Crippen LogP contribution < -0.4 is 21.1 Å². The summed E-state index contributed by atoms with van der Waals surface area (Å²) in [4.78, 5) is 9.94. The summed E-state index contributed by atoms with van der Waals surface area (Å²) in [5.41, 5.74) is 9.85. The number of carbonyl (C=O) groups excluding carboxylic acids is 1. The number of hydrogen-bond donors (Lipinski definition) is 4. The Kier molecular flexibility index (Phi) is 8.36. The molecule has 36 heavy (non-hydrogen) atoms. The molecule has 5 rings (SSSR count). The first kappa shape index (κ1) is 25.0. The van der Waals surface area contributed by atoms with Gasteiger partial charge in [0, 0.05) is 29.4 Å². The van der Waals surface area contributed by atoms with Crippen LogP contribution >= 0.6 is 0 Å². The first-order chi connectivity index (χ1) is 17.5. The molecule has 0 unspecified atom stereocenters. The lowest BCUT2D eigenvalue weighted by Crippen LogP contribution is -2.39. The molecule has 1 amide bonds. The summed E-state index contributed by atoms with van der Waals surface area (Å²) in [5.74, 6) is 1.73. The van der Waals surface area contributed by atoms with Gasteiger partial charge in [0.25, 0.3) is 0 Å². The van der Waals surface area contributed by atoms with E-state index >= 15 is 0 Å². The van der Waals surface area contributed by atoms with Crippen LogP contribution in [0.5, 0.6) is 11.5 Å². The van der Waals surface area contributed by atoms with Crippen molar-refractivity contribution < 1.29 is 9.53 Å². The third-order valence-corrected chi connectivity index (χ3v) is 6.31. The molecule has 3 aromatic carbocycles. The van der Waals surface area contributed by atoms with Gasteiger partial charge in [-0.2, -0.15) is 0 Å². The van der Waals surface area contributed by atoms with E-state index in [2.05, 4.69) is 40.3 Å². The molecule has 4 aromatic rings. The molecule has 7 heteroatoms. The molecular weight excluding hydrogens is 450 g/mol. The molecule has 0 atom stereocenters. The minimum Gasteiger partial charge on any atom is -0.457 e. The van der Waals surface area contributed by atoms with Crippen LogP contribution in [0.25, 0.3) is 10.9 Å². The SMILES string of the molecule is Cc1cc2ccc(C(=N)N)cc2n1Cc1ccc(Oc2ccccc2)cc1.O=CNC1CCNCC1. The molecule has 0 saturated carbocycles. The van der Waals surface area contributed by atoms with Crippen molar-refractivity contribution in [3.8, 4) is 11.5 Å². The van der Waals surface area contributed by atoms with Crippen molar-refractivity contribution in [3.63, 3.8) is 0 Å². The van der Waals surface area contributed by atoms with E-state index in [0.717, 1.165) is 66.9 Å². The van der Waals surface area contributed by atoms with E-state index in [0.29, 0.717) is 6.04 Å². The summed E-state index contributed by atoms with van der Waals surface area (Å²) < 4.78 is 8.11. The van der Waals surface area contributed by atoms with Crippen LogP contribution in [-0.2, 0) is 11.3 Å². The van der Waals surface area contributed by atoms with Crippen molar-refractivity contribution >= 4 is 23.1 Å². The van der Waals surface area contributed by atoms with Gasteiger partial charge in [-0.05, 0) is 80.2 Å².